The van der Waals surface area contributed by atoms with Crippen LogP contribution >= 0.6 is 43.2 Å². The van der Waals surface area contributed by atoms with Gasteiger partial charge in [0.2, 0.25) is 0 Å². The lowest BCUT2D eigenvalue weighted by Crippen LogP contribution is -2.38. The molecule has 0 bridgehead atoms. The summed E-state index contributed by atoms with van der Waals surface area (Å²) < 4.78 is 1.48. The lowest BCUT2D eigenvalue weighted by molar-refractivity contribution is -0.138. The van der Waals surface area contributed by atoms with Gasteiger partial charge in [0.1, 0.15) is 6.04 Å². The topological polar surface area (TPSA) is 66.4 Å². The average Bonchev–Trinajstić information content (AvgIpc) is 2.44. The van der Waals surface area contributed by atoms with Gasteiger partial charge in [-0.3, -0.25) is 9.59 Å². The highest BCUT2D eigenvalue weighted by molar-refractivity contribution is 9.12. The van der Waals surface area contributed by atoms with Crippen LogP contribution < -0.4 is 5.32 Å². The van der Waals surface area contributed by atoms with Crippen LogP contribution in [-0.2, 0) is 4.79 Å². The minimum atomic E-state index is -1.06. The lowest BCUT2D eigenvalue weighted by Gasteiger charge is -2.07. The Balaban J connectivity index is 2.77. The van der Waals surface area contributed by atoms with Crippen molar-refractivity contribution in [3.63, 3.8) is 0 Å². The molecule has 0 saturated carbocycles. The number of carbonyl (C=O) groups excluding carboxylic acids is 1. The number of amides is 1. The van der Waals surface area contributed by atoms with Gasteiger partial charge in [-0.2, -0.15) is 0 Å². The Morgan fingerprint density at radius 1 is 1.53 bits per heavy atom. The maximum atomic E-state index is 11.6. The molecule has 2 N–H and O–H groups in total. The summed E-state index contributed by atoms with van der Waals surface area (Å²) in [5, 5.41) is 11.0. The Bertz CT molecular complexity index is 405. The second kappa shape index (κ2) is 5.09. The predicted molar refractivity (Wildman–Crippen MR) is 64.3 cm³/mol. The van der Waals surface area contributed by atoms with Gasteiger partial charge >= 0.3 is 5.97 Å². The number of aliphatic carboxylic acids is 1. The third-order valence-electron chi connectivity index (χ3n) is 1.62. The summed E-state index contributed by atoms with van der Waals surface area (Å²) in [5.41, 5.74) is 0.431. The maximum Gasteiger partial charge on any atom is 0.325 e. The summed E-state index contributed by atoms with van der Waals surface area (Å²) >= 11 is 7.82. The number of hydrogen-bond donors (Lipinski definition) is 2. The SMILES string of the molecule is CC(NC(=O)c1cc(Br)sc1Br)C(=O)O. The second-order valence-corrected chi connectivity index (χ2v) is 6.52. The van der Waals surface area contributed by atoms with E-state index in [9.17, 15) is 9.59 Å². The first-order valence-electron chi connectivity index (χ1n) is 3.90. The molecule has 0 aliphatic heterocycles. The van der Waals surface area contributed by atoms with Crippen LogP contribution in [0.25, 0.3) is 0 Å². The van der Waals surface area contributed by atoms with Crippen LogP contribution in [0.2, 0.25) is 0 Å². The highest BCUT2D eigenvalue weighted by atomic mass is 79.9. The molecule has 1 aromatic rings. The van der Waals surface area contributed by atoms with E-state index in [1.54, 1.807) is 6.07 Å². The molecule has 1 atom stereocenters. The quantitative estimate of drug-likeness (QED) is 0.874. The molecule has 0 aliphatic rings. The molecule has 0 fully saturated rings. The predicted octanol–water partition coefficient (Wildman–Crippen LogP) is 2.48. The van der Waals surface area contributed by atoms with Gasteiger partial charge in [0, 0.05) is 0 Å². The molecule has 7 heteroatoms. The van der Waals surface area contributed by atoms with E-state index < -0.39 is 17.9 Å². The summed E-state index contributed by atoms with van der Waals surface area (Å²) in [6, 6.07) is 0.738. The number of thiophene rings is 1. The molecule has 4 nitrogen and oxygen atoms in total. The van der Waals surface area contributed by atoms with Crippen LogP contribution in [-0.4, -0.2) is 23.0 Å². The van der Waals surface area contributed by atoms with Crippen molar-refractivity contribution in [3.8, 4) is 0 Å². The number of halogens is 2. The fourth-order valence-corrected chi connectivity index (χ4v) is 3.62. The van der Waals surface area contributed by atoms with E-state index in [1.165, 1.54) is 18.3 Å². The van der Waals surface area contributed by atoms with Crippen molar-refractivity contribution in [1.82, 2.24) is 5.32 Å². The molecule has 15 heavy (non-hydrogen) atoms. The number of carbonyl (C=O) groups is 2. The highest BCUT2D eigenvalue weighted by Gasteiger charge is 2.18. The van der Waals surface area contributed by atoms with Crippen molar-refractivity contribution in [3.05, 3.63) is 19.2 Å². The molecule has 82 valence electrons. The van der Waals surface area contributed by atoms with Crippen LogP contribution in [0, 0.1) is 0 Å². The zero-order valence-electron chi connectivity index (χ0n) is 7.58. The number of nitrogens with one attached hydrogen (secondary N) is 1. The first-order valence-corrected chi connectivity index (χ1v) is 6.30. The van der Waals surface area contributed by atoms with Crippen molar-refractivity contribution >= 4 is 55.1 Å². The number of hydrogen-bond acceptors (Lipinski definition) is 3. The summed E-state index contributed by atoms with van der Waals surface area (Å²) in [6.07, 6.45) is 0. The number of carboxylic acid groups (broad SMARTS) is 1. The standard InChI is InChI=1S/C8H7Br2NO3S/c1-3(8(13)14)11-7(12)4-2-5(9)15-6(4)10/h2-3H,1H3,(H,11,12)(H,13,14). The normalized spacial score (nSPS) is 12.2. The van der Waals surface area contributed by atoms with Gasteiger partial charge in [0.05, 0.1) is 13.1 Å². The van der Waals surface area contributed by atoms with Crippen LogP contribution in [0.15, 0.2) is 13.6 Å². The summed E-state index contributed by atoms with van der Waals surface area (Å²) in [4.78, 5) is 22.1. The molecular weight excluding hydrogens is 350 g/mol. The van der Waals surface area contributed by atoms with Crippen LogP contribution in [0.5, 0.6) is 0 Å². The fraction of sp³-hybridized carbons (Fsp3) is 0.250. The minimum Gasteiger partial charge on any atom is -0.480 e. The Morgan fingerprint density at radius 2 is 2.13 bits per heavy atom. The van der Waals surface area contributed by atoms with Crippen molar-refractivity contribution in [2.75, 3.05) is 0 Å². The Morgan fingerprint density at radius 3 is 2.53 bits per heavy atom. The molecule has 0 saturated heterocycles. The van der Waals surface area contributed by atoms with Crippen molar-refractivity contribution in [1.29, 1.82) is 0 Å². The molecule has 0 aromatic carbocycles. The lowest BCUT2D eigenvalue weighted by atomic mass is 10.3. The third kappa shape index (κ3) is 3.29. The Labute approximate surface area is 107 Å². The molecular formula is C8H7Br2NO3S. The summed E-state index contributed by atoms with van der Waals surface area (Å²) in [7, 11) is 0. The fourth-order valence-electron chi connectivity index (χ4n) is 0.831. The molecule has 1 unspecified atom stereocenters. The number of carboxylic acids is 1. The van der Waals surface area contributed by atoms with Gasteiger partial charge in [-0.05, 0) is 44.8 Å². The Kier molecular flexibility index (Phi) is 4.30. The maximum absolute atomic E-state index is 11.6. The third-order valence-corrected chi connectivity index (χ3v) is 3.96. The summed E-state index contributed by atoms with van der Waals surface area (Å²) in [6.45, 7) is 1.41. The van der Waals surface area contributed by atoms with Crippen LogP contribution in [0.1, 0.15) is 17.3 Å². The zero-order chi connectivity index (χ0) is 11.6. The molecule has 0 spiro atoms. The second-order valence-electron chi connectivity index (χ2n) is 2.77. The van der Waals surface area contributed by atoms with Crippen molar-refractivity contribution < 1.29 is 14.7 Å². The van der Waals surface area contributed by atoms with Crippen molar-refractivity contribution in [2.24, 2.45) is 0 Å². The highest BCUT2D eigenvalue weighted by Crippen LogP contribution is 2.31. The van der Waals surface area contributed by atoms with Crippen LogP contribution in [0.4, 0.5) is 0 Å². The Hall–Kier alpha value is -0.400. The molecule has 0 radical (unpaired) electrons. The summed E-state index contributed by atoms with van der Waals surface area (Å²) in [5.74, 6) is -1.47. The number of rotatable bonds is 3. The van der Waals surface area contributed by atoms with E-state index >= 15 is 0 Å². The van der Waals surface area contributed by atoms with E-state index in [2.05, 4.69) is 37.2 Å². The zero-order valence-corrected chi connectivity index (χ0v) is 11.6. The monoisotopic (exact) mass is 355 g/mol. The van der Waals surface area contributed by atoms with Crippen LogP contribution in [0.3, 0.4) is 0 Å². The van der Waals surface area contributed by atoms with Gasteiger partial charge in [-0.25, -0.2) is 0 Å². The minimum absolute atomic E-state index is 0.404. The average molecular weight is 357 g/mol. The van der Waals surface area contributed by atoms with Gasteiger partial charge in [0.25, 0.3) is 5.91 Å². The first-order chi connectivity index (χ1) is 6.91. The smallest absolute Gasteiger partial charge is 0.325 e. The molecule has 0 aliphatic carbocycles. The van der Waals surface area contributed by atoms with E-state index in [4.69, 9.17) is 5.11 Å². The molecule has 1 rings (SSSR count). The molecule has 1 heterocycles. The molecule has 1 aromatic heterocycles. The first kappa shape index (κ1) is 12.7. The van der Waals surface area contributed by atoms with Gasteiger partial charge in [-0.1, -0.05) is 0 Å². The van der Waals surface area contributed by atoms with Gasteiger partial charge in [-0.15, -0.1) is 11.3 Å². The van der Waals surface area contributed by atoms with E-state index in [0.29, 0.717) is 9.35 Å². The van der Waals surface area contributed by atoms with Gasteiger partial charge < -0.3 is 10.4 Å². The van der Waals surface area contributed by atoms with Crippen molar-refractivity contribution in [2.45, 2.75) is 13.0 Å². The van der Waals surface area contributed by atoms with Gasteiger partial charge in [0.15, 0.2) is 0 Å². The molecule has 1 amide bonds. The largest absolute Gasteiger partial charge is 0.480 e. The van der Waals surface area contributed by atoms with E-state index in [-0.39, 0.29) is 0 Å². The van der Waals surface area contributed by atoms with E-state index in [0.717, 1.165) is 3.79 Å². The van der Waals surface area contributed by atoms with E-state index in [1.807, 2.05) is 0 Å².